The van der Waals surface area contributed by atoms with E-state index in [1.54, 1.807) is 20.1 Å². The van der Waals surface area contributed by atoms with E-state index in [0.29, 0.717) is 5.56 Å². The lowest BCUT2D eigenvalue weighted by atomic mass is 9.72. The van der Waals surface area contributed by atoms with Gasteiger partial charge in [-0.25, -0.2) is 9.18 Å². The Bertz CT molecular complexity index is 810. The Morgan fingerprint density at radius 3 is 2.76 bits per heavy atom. The molecule has 0 radical (unpaired) electrons. The second-order valence-corrected chi connectivity index (χ2v) is 7.80. The van der Waals surface area contributed by atoms with Gasteiger partial charge >= 0.3 is 19.1 Å². The van der Waals surface area contributed by atoms with Crippen LogP contribution in [-0.4, -0.2) is 54.7 Å². The van der Waals surface area contributed by atoms with Gasteiger partial charge in [-0.3, -0.25) is 9.59 Å². The van der Waals surface area contributed by atoms with Crippen molar-refractivity contribution in [2.45, 2.75) is 26.2 Å². The van der Waals surface area contributed by atoms with Crippen LogP contribution >= 0.6 is 23.4 Å². The summed E-state index contributed by atoms with van der Waals surface area (Å²) in [7, 11) is -1.51. The molecule has 0 unspecified atom stereocenters. The topological polar surface area (TPSA) is 111 Å². The zero-order valence-corrected chi connectivity index (χ0v) is 17.6. The maximum Gasteiger partial charge on any atom is 0.547 e. The van der Waals surface area contributed by atoms with Crippen LogP contribution in [0.15, 0.2) is 6.07 Å². The molecule has 0 fully saturated rings. The number of rotatable bonds is 7. The fourth-order valence-electron chi connectivity index (χ4n) is 2.55. The molecule has 1 amide bonds. The van der Waals surface area contributed by atoms with Gasteiger partial charge in [0.2, 0.25) is 12.7 Å². The first kappa shape index (κ1) is 23.3. The van der Waals surface area contributed by atoms with Crippen LogP contribution in [0.25, 0.3) is 0 Å². The van der Waals surface area contributed by atoms with E-state index in [4.69, 9.17) is 25.7 Å². The van der Waals surface area contributed by atoms with Crippen molar-refractivity contribution in [3.63, 3.8) is 0 Å². The van der Waals surface area contributed by atoms with Gasteiger partial charge in [0, 0.05) is 0 Å². The minimum atomic E-state index is -1.51. The standard InChI is InChI=1S/C17H20BClFNO7S/c1-8(2)16(23)26-7-27-17(24)13-14(20)10(19)4-9-5-11(18(25)28-15(9)13)21-12(22)6-29-3/h4,8,11,25H,5-7H2,1-3H3,(H,21,22)/t11-/m0/s1. The maximum atomic E-state index is 14.5. The molecule has 0 bridgehead atoms. The molecule has 2 rings (SSSR count). The van der Waals surface area contributed by atoms with Crippen molar-refractivity contribution in [2.24, 2.45) is 5.92 Å². The van der Waals surface area contributed by atoms with Crippen LogP contribution in [0, 0.1) is 11.7 Å². The van der Waals surface area contributed by atoms with Crippen molar-refractivity contribution >= 4 is 48.3 Å². The van der Waals surface area contributed by atoms with Gasteiger partial charge in [-0.15, -0.1) is 0 Å². The van der Waals surface area contributed by atoms with E-state index in [2.05, 4.69) is 5.32 Å². The summed E-state index contributed by atoms with van der Waals surface area (Å²) in [6, 6.07) is 1.25. The van der Waals surface area contributed by atoms with E-state index in [-0.39, 0.29) is 28.9 Å². The molecule has 1 aliphatic rings. The monoisotopic (exact) mass is 447 g/mol. The highest BCUT2D eigenvalue weighted by Gasteiger charge is 2.39. The Morgan fingerprint density at radius 1 is 1.45 bits per heavy atom. The van der Waals surface area contributed by atoms with E-state index in [1.807, 2.05) is 0 Å². The molecule has 8 nitrogen and oxygen atoms in total. The van der Waals surface area contributed by atoms with Crippen molar-refractivity contribution in [1.29, 1.82) is 0 Å². The van der Waals surface area contributed by atoms with Crippen molar-refractivity contribution in [1.82, 2.24) is 5.32 Å². The van der Waals surface area contributed by atoms with Crippen LogP contribution in [-0.2, 0) is 25.5 Å². The number of nitrogens with one attached hydrogen (secondary N) is 1. The summed E-state index contributed by atoms with van der Waals surface area (Å²) in [5.74, 6) is -4.46. The van der Waals surface area contributed by atoms with Gasteiger partial charge in [-0.2, -0.15) is 11.8 Å². The van der Waals surface area contributed by atoms with Gasteiger partial charge in [-0.05, 0) is 24.3 Å². The highest BCUT2D eigenvalue weighted by Crippen LogP contribution is 2.36. The predicted molar refractivity (Wildman–Crippen MR) is 105 cm³/mol. The Labute approximate surface area is 176 Å². The maximum absolute atomic E-state index is 14.5. The molecule has 1 atom stereocenters. The fraction of sp³-hybridized carbons (Fsp3) is 0.471. The number of carbonyl (C=O) groups is 3. The number of amides is 1. The summed E-state index contributed by atoms with van der Waals surface area (Å²) in [6.45, 7) is 2.48. The Balaban J connectivity index is 2.21. The van der Waals surface area contributed by atoms with Gasteiger partial charge in [0.25, 0.3) is 0 Å². The van der Waals surface area contributed by atoms with Crippen molar-refractivity contribution in [3.8, 4) is 5.75 Å². The smallest absolute Gasteiger partial charge is 0.534 e. The van der Waals surface area contributed by atoms with E-state index in [1.165, 1.54) is 17.8 Å². The Kier molecular flexibility index (Phi) is 8.18. The molecule has 0 saturated heterocycles. The number of esters is 2. The second-order valence-electron chi connectivity index (χ2n) is 6.52. The van der Waals surface area contributed by atoms with E-state index < -0.39 is 49.1 Å². The largest absolute Gasteiger partial charge is 0.547 e. The molecule has 12 heteroatoms. The Morgan fingerprint density at radius 2 is 2.14 bits per heavy atom. The highest BCUT2D eigenvalue weighted by atomic mass is 35.5. The summed E-state index contributed by atoms with van der Waals surface area (Å²) in [6.07, 6.45) is 1.81. The molecular formula is C17H20BClFNO7S. The fourth-order valence-corrected chi connectivity index (χ4v) is 3.12. The molecule has 1 aromatic carbocycles. The van der Waals surface area contributed by atoms with Crippen LogP contribution in [0.2, 0.25) is 5.02 Å². The molecule has 2 N–H and O–H groups in total. The first-order chi connectivity index (χ1) is 13.6. The van der Waals surface area contributed by atoms with E-state index >= 15 is 0 Å². The third-order valence-corrected chi connectivity index (χ3v) is 4.79. The number of ether oxygens (including phenoxy) is 2. The number of fused-ring (bicyclic) bond motifs is 1. The lowest BCUT2D eigenvalue weighted by molar-refractivity contribution is -0.155. The average molecular weight is 448 g/mol. The molecule has 0 saturated carbocycles. The van der Waals surface area contributed by atoms with Gasteiger partial charge in [0.1, 0.15) is 11.3 Å². The van der Waals surface area contributed by atoms with Crippen LogP contribution < -0.4 is 9.97 Å². The molecule has 29 heavy (non-hydrogen) atoms. The molecule has 1 aliphatic heterocycles. The van der Waals surface area contributed by atoms with Crippen molar-refractivity contribution < 1.29 is 37.9 Å². The number of halogens is 2. The molecule has 0 aromatic heterocycles. The molecule has 158 valence electrons. The number of carbonyl (C=O) groups excluding carboxylic acids is 3. The summed E-state index contributed by atoms with van der Waals surface area (Å²) >= 11 is 7.19. The predicted octanol–water partition coefficient (Wildman–Crippen LogP) is 1.59. The van der Waals surface area contributed by atoms with E-state index in [9.17, 15) is 23.8 Å². The third kappa shape index (κ3) is 5.77. The molecule has 0 aliphatic carbocycles. The Hall–Kier alpha value is -1.98. The number of thioether (sulfide) groups is 1. The minimum Gasteiger partial charge on any atom is -0.534 e. The first-order valence-electron chi connectivity index (χ1n) is 8.63. The normalized spacial score (nSPS) is 15.4. The van der Waals surface area contributed by atoms with Crippen molar-refractivity contribution in [3.05, 3.63) is 28.0 Å². The van der Waals surface area contributed by atoms with Crippen LogP contribution in [0.3, 0.4) is 0 Å². The van der Waals surface area contributed by atoms with E-state index in [0.717, 1.165) is 0 Å². The first-order valence-corrected chi connectivity index (χ1v) is 10.4. The van der Waals surface area contributed by atoms with Gasteiger partial charge in [0.05, 0.1) is 22.6 Å². The molecular weight excluding hydrogens is 428 g/mol. The zero-order chi connectivity index (χ0) is 21.7. The molecule has 1 aromatic rings. The number of hydrogen-bond donors (Lipinski definition) is 2. The number of benzene rings is 1. The second kappa shape index (κ2) is 10.2. The lowest BCUT2D eigenvalue weighted by Gasteiger charge is -2.29. The summed E-state index contributed by atoms with van der Waals surface area (Å²) < 4.78 is 29.4. The molecule has 1 heterocycles. The highest BCUT2D eigenvalue weighted by molar-refractivity contribution is 7.99. The van der Waals surface area contributed by atoms with Crippen LogP contribution in [0.1, 0.15) is 29.8 Å². The number of hydrogen-bond acceptors (Lipinski definition) is 8. The summed E-state index contributed by atoms with van der Waals surface area (Å²) in [5.41, 5.74) is -0.316. The zero-order valence-electron chi connectivity index (χ0n) is 16.0. The molecule has 0 spiro atoms. The quantitative estimate of drug-likeness (QED) is 0.368. The SMILES string of the molecule is CSCC(=O)N[C@H]1Cc2cc(Cl)c(F)c(C(=O)OCOC(=O)C(C)C)c2OB1O. The van der Waals surface area contributed by atoms with Crippen molar-refractivity contribution in [2.75, 3.05) is 18.8 Å². The van der Waals surface area contributed by atoms with Gasteiger partial charge < -0.3 is 24.5 Å². The van der Waals surface area contributed by atoms with Gasteiger partial charge in [0.15, 0.2) is 5.82 Å². The van der Waals surface area contributed by atoms with Crippen LogP contribution in [0.4, 0.5) is 4.39 Å². The third-order valence-electron chi connectivity index (χ3n) is 3.96. The summed E-state index contributed by atoms with van der Waals surface area (Å²) in [5, 5.41) is 12.4. The van der Waals surface area contributed by atoms with Gasteiger partial charge in [-0.1, -0.05) is 25.4 Å². The lowest BCUT2D eigenvalue weighted by Crippen LogP contribution is -2.53. The van der Waals surface area contributed by atoms with Crippen LogP contribution in [0.5, 0.6) is 5.75 Å². The average Bonchev–Trinajstić information content (AvgIpc) is 2.64. The summed E-state index contributed by atoms with van der Waals surface area (Å²) in [4.78, 5) is 35.6. The minimum absolute atomic E-state index is 0.0548.